The first-order valence-electron chi connectivity index (χ1n) is 6.36. The lowest BCUT2D eigenvalue weighted by Crippen LogP contribution is -2.19. The largest absolute Gasteiger partial charge is 0.481 e. The molecule has 0 saturated heterocycles. The zero-order valence-electron chi connectivity index (χ0n) is 10.9. The second kappa shape index (κ2) is 4.96. The summed E-state index contributed by atoms with van der Waals surface area (Å²) in [5.41, 5.74) is 1.91. The average Bonchev–Trinajstić information content (AvgIpc) is 3.10. The van der Waals surface area contributed by atoms with Crippen LogP contribution in [0.2, 0.25) is 0 Å². The highest BCUT2D eigenvalue weighted by Gasteiger charge is 2.53. The van der Waals surface area contributed by atoms with Gasteiger partial charge in [-0.15, -0.1) is 0 Å². The lowest BCUT2D eigenvalue weighted by Gasteiger charge is -2.14. The number of carbonyl (C=O) groups is 1. The van der Waals surface area contributed by atoms with Gasteiger partial charge in [0.2, 0.25) is 0 Å². The fourth-order valence-electron chi connectivity index (χ4n) is 2.41. The van der Waals surface area contributed by atoms with Gasteiger partial charge in [0.1, 0.15) is 0 Å². The Hall–Kier alpha value is -1.36. The third-order valence-corrected chi connectivity index (χ3v) is 5.81. The lowest BCUT2D eigenvalue weighted by molar-refractivity contribution is -0.137. The first-order valence-corrected chi connectivity index (χ1v) is 8.25. The van der Waals surface area contributed by atoms with E-state index in [1.165, 1.54) is 6.26 Å². The minimum Gasteiger partial charge on any atom is -0.481 e. The van der Waals surface area contributed by atoms with E-state index in [4.69, 9.17) is 5.11 Å². The Morgan fingerprint density at radius 2 is 1.84 bits per heavy atom. The predicted octanol–water partition coefficient (Wildman–Crippen LogP) is 2.13. The van der Waals surface area contributed by atoms with Crippen molar-refractivity contribution in [1.29, 1.82) is 0 Å². The highest BCUT2D eigenvalue weighted by atomic mass is 32.2. The summed E-state index contributed by atoms with van der Waals surface area (Å²) >= 11 is 0. The van der Waals surface area contributed by atoms with Crippen LogP contribution >= 0.6 is 0 Å². The molecule has 1 saturated carbocycles. The molecule has 1 aliphatic rings. The number of hydrogen-bond donors (Lipinski definition) is 1. The van der Waals surface area contributed by atoms with Crippen molar-refractivity contribution in [2.75, 3.05) is 6.26 Å². The standard InChI is InChI=1S/C14H18O4S/c1-19(17,18)14(9-10-14)12-7-5-11(6-8-12)3-2-4-13(15)16/h5-8H,2-4,9-10H2,1H3,(H,15,16). The lowest BCUT2D eigenvalue weighted by atomic mass is 10.0. The summed E-state index contributed by atoms with van der Waals surface area (Å²) in [6.45, 7) is 0. The molecule has 0 atom stereocenters. The van der Waals surface area contributed by atoms with Crippen molar-refractivity contribution in [3.05, 3.63) is 35.4 Å². The monoisotopic (exact) mass is 282 g/mol. The van der Waals surface area contributed by atoms with Gasteiger partial charge in [0.05, 0.1) is 4.75 Å². The minimum atomic E-state index is -3.06. The van der Waals surface area contributed by atoms with E-state index < -0.39 is 20.6 Å². The van der Waals surface area contributed by atoms with Crippen molar-refractivity contribution in [2.45, 2.75) is 36.9 Å². The Kier molecular flexibility index (Phi) is 3.67. The van der Waals surface area contributed by atoms with Gasteiger partial charge in [-0.25, -0.2) is 8.42 Å². The van der Waals surface area contributed by atoms with Crippen LogP contribution in [-0.2, 0) is 25.8 Å². The van der Waals surface area contributed by atoms with E-state index in [0.29, 0.717) is 25.7 Å². The smallest absolute Gasteiger partial charge is 0.303 e. The predicted molar refractivity (Wildman–Crippen MR) is 72.8 cm³/mol. The highest BCUT2D eigenvalue weighted by molar-refractivity contribution is 7.92. The fraction of sp³-hybridized carbons (Fsp3) is 0.500. The topological polar surface area (TPSA) is 71.4 Å². The summed E-state index contributed by atoms with van der Waals surface area (Å²) in [6.07, 6.45) is 4.16. The molecule has 0 bridgehead atoms. The van der Waals surface area contributed by atoms with Gasteiger partial charge in [-0.3, -0.25) is 4.79 Å². The molecule has 0 aliphatic heterocycles. The van der Waals surface area contributed by atoms with Gasteiger partial charge in [-0.1, -0.05) is 24.3 Å². The van der Waals surface area contributed by atoms with Gasteiger partial charge in [0, 0.05) is 12.7 Å². The normalized spacial score (nSPS) is 17.1. The molecule has 0 spiro atoms. The van der Waals surface area contributed by atoms with E-state index in [1.807, 2.05) is 24.3 Å². The molecule has 19 heavy (non-hydrogen) atoms. The van der Waals surface area contributed by atoms with Crippen LogP contribution in [0.3, 0.4) is 0 Å². The second-order valence-corrected chi connectivity index (χ2v) is 7.54. The van der Waals surface area contributed by atoms with E-state index in [0.717, 1.165) is 11.1 Å². The van der Waals surface area contributed by atoms with Crippen molar-refractivity contribution < 1.29 is 18.3 Å². The molecule has 0 radical (unpaired) electrons. The Bertz CT molecular complexity index is 568. The molecule has 0 amide bonds. The second-order valence-electron chi connectivity index (χ2n) is 5.21. The van der Waals surface area contributed by atoms with Gasteiger partial charge in [-0.05, 0) is 36.8 Å². The van der Waals surface area contributed by atoms with E-state index >= 15 is 0 Å². The number of aryl methyl sites for hydroxylation is 1. The summed E-state index contributed by atoms with van der Waals surface area (Å²) in [7, 11) is -3.06. The van der Waals surface area contributed by atoms with Crippen LogP contribution in [0, 0.1) is 0 Å². The van der Waals surface area contributed by atoms with Crippen LogP contribution in [0.1, 0.15) is 36.8 Å². The fourth-order valence-corrected chi connectivity index (χ4v) is 3.81. The molecule has 1 aliphatic carbocycles. The van der Waals surface area contributed by atoms with Crippen LogP contribution < -0.4 is 0 Å². The third kappa shape index (κ3) is 2.97. The molecular formula is C14H18O4S. The number of benzene rings is 1. The van der Waals surface area contributed by atoms with Crippen molar-refractivity contribution in [1.82, 2.24) is 0 Å². The van der Waals surface area contributed by atoms with Crippen LogP contribution in [-0.4, -0.2) is 25.7 Å². The van der Waals surface area contributed by atoms with E-state index in [9.17, 15) is 13.2 Å². The molecule has 104 valence electrons. The summed E-state index contributed by atoms with van der Waals surface area (Å²) < 4.78 is 22.9. The first-order chi connectivity index (χ1) is 8.85. The Morgan fingerprint density at radius 3 is 2.26 bits per heavy atom. The maximum absolute atomic E-state index is 11.8. The molecule has 2 rings (SSSR count). The number of rotatable bonds is 6. The maximum Gasteiger partial charge on any atom is 0.303 e. The Labute approximate surface area is 113 Å². The molecule has 1 aromatic rings. The van der Waals surface area contributed by atoms with E-state index in [2.05, 4.69) is 0 Å². The van der Waals surface area contributed by atoms with Gasteiger partial charge in [0.25, 0.3) is 0 Å². The molecule has 5 heteroatoms. The quantitative estimate of drug-likeness (QED) is 0.867. The highest BCUT2D eigenvalue weighted by Crippen LogP contribution is 2.52. The number of aliphatic carboxylic acids is 1. The van der Waals surface area contributed by atoms with Crippen LogP contribution in [0.5, 0.6) is 0 Å². The van der Waals surface area contributed by atoms with Gasteiger partial charge < -0.3 is 5.11 Å². The SMILES string of the molecule is CS(=O)(=O)C1(c2ccc(CCCC(=O)O)cc2)CC1. The third-order valence-electron chi connectivity index (χ3n) is 3.75. The molecule has 0 aromatic heterocycles. The summed E-state index contributed by atoms with van der Waals surface area (Å²) in [5.74, 6) is -0.786. The van der Waals surface area contributed by atoms with Crippen LogP contribution in [0.25, 0.3) is 0 Å². The van der Waals surface area contributed by atoms with Gasteiger partial charge in [0.15, 0.2) is 9.84 Å². The van der Waals surface area contributed by atoms with Crippen molar-refractivity contribution >= 4 is 15.8 Å². The minimum absolute atomic E-state index is 0.162. The maximum atomic E-state index is 11.8. The number of hydrogen-bond acceptors (Lipinski definition) is 3. The van der Waals surface area contributed by atoms with Crippen molar-refractivity contribution in [3.63, 3.8) is 0 Å². The van der Waals surface area contributed by atoms with Gasteiger partial charge >= 0.3 is 5.97 Å². The average molecular weight is 282 g/mol. The van der Waals surface area contributed by atoms with E-state index in [-0.39, 0.29) is 6.42 Å². The number of carboxylic acids is 1. The Balaban J connectivity index is 2.05. The number of carboxylic acid groups (broad SMARTS) is 1. The molecular weight excluding hydrogens is 264 g/mol. The Morgan fingerprint density at radius 1 is 1.26 bits per heavy atom. The summed E-state index contributed by atoms with van der Waals surface area (Å²) in [6, 6.07) is 7.54. The first kappa shape index (κ1) is 14.1. The van der Waals surface area contributed by atoms with Crippen molar-refractivity contribution in [2.24, 2.45) is 0 Å². The molecule has 0 heterocycles. The molecule has 1 N–H and O–H groups in total. The summed E-state index contributed by atoms with van der Waals surface area (Å²) in [5, 5.41) is 8.57. The zero-order chi connectivity index (χ0) is 14.1. The zero-order valence-corrected chi connectivity index (χ0v) is 11.7. The van der Waals surface area contributed by atoms with Crippen LogP contribution in [0.15, 0.2) is 24.3 Å². The van der Waals surface area contributed by atoms with Crippen molar-refractivity contribution in [3.8, 4) is 0 Å². The number of sulfone groups is 1. The molecule has 4 nitrogen and oxygen atoms in total. The van der Waals surface area contributed by atoms with E-state index in [1.54, 1.807) is 0 Å². The summed E-state index contributed by atoms with van der Waals surface area (Å²) in [4.78, 5) is 10.4. The molecule has 0 unspecified atom stereocenters. The molecule has 1 aromatic carbocycles. The van der Waals surface area contributed by atoms with Gasteiger partial charge in [-0.2, -0.15) is 0 Å². The molecule has 1 fully saturated rings. The van der Waals surface area contributed by atoms with Crippen LogP contribution in [0.4, 0.5) is 0 Å².